The number of thiophene rings is 1. The average Bonchev–Trinajstić information content (AvgIpc) is 3.24. The van der Waals surface area contributed by atoms with Gasteiger partial charge in [0.25, 0.3) is 0 Å². The van der Waals surface area contributed by atoms with Crippen molar-refractivity contribution in [3.63, 3.8) is 0 Å². The van der Waals surface area contributed by atoms with Crippen molar-refractivity contribution >= 4 is 21.4 Å². The summed E-state index contributed by atoms with van der Waals surface area (Å²) in [7, 11) is 0. The second-order valence-corrected chi connectivity index (χ2v) is 6.49. The van der Waals surface area contributed by atoms with E-state index < -0.39 is 0 Å². The van der Waals surface area contributed by atoms with Gasteiger partial charge in [-0.1, -0.05) is 18.2 Å². The highest BCUT2D eigenvalue weighted by Gasteiger charge is 2.22. The summed E-state index contributed by atoms with van der Waals surface area (Å²) in [6, 6.07) is 5.94. The van der Waals surface area contributed by atoms with Crippen LogP contribution in [0.3, 0.4) is 0 Å². The molecule has 1 aliphatic rings. The second kappa shape index (κ2) is 6.69. The minimum absolute atomic E-state index is 0.147. The first-order valence-corrected chi connectivity index (χ1v) is 8.22. The molecule has 1 aliphatic carbocycles. The highest BCUT2D eigenvalue weighted by atomic mass is 32.1. The topological polar surface area (TPSA) is 21.3 Å². The first-order valence-electron chi connectivity index (χ1n) is 7.40. The Morgan fingerprint density at radius 3 is 3.05 bits per heavy atom. The molecule has 0 bridgehead atoms. The summed E-state index contributed by atoms with van der Waals surface area (Å²) < 4.78 is 20.8. The lowest BCUT2D eigenvalue weighted by molar-refractivity contribution is 0.149. The molecule has 0 aliphatic heterocycles. The van der Waals surface area contributed by atoms with E-state index in [1.165, 1.54) is 23.8 Å². The number of nitrogens with one attached hydrogen (secondary N) is 1. The van der Waals surface area contributed by atoms with Crippen LogP contribution >= 0.6 is 11.3 Å². The molecule has 1 aromatic carbocycles. The van der Waals surface area contributed by atoms with Gasteiger partial charge >= 0.3 is 0 Å². The van der Waals surface area contributed by atoms with Crippen molar-refractivity contribution < 1.29 is 9.13 Å². The molecule has 1 N–H and O–H groups in total. The number of ether oxygens (including phenoxy) is 1. The second-order valence-electron chi connectivity index (χ2n) is 5.36. The first kappa shape index (κ1) is 14.7. The van der Waals surface area contributed by atoms with Crippen LogP contribution in [-0.4, -0.2) is 12.6 Å². The maximum absolute atomic E-state index is 14.2. The Bertz CT molecular complexity index is 646. The summed E-state index contributed by atoms with van der Waals surface area (Å²) >= 11 is 1.67. The van der Waals surface area contributed by atoms with Crippen LogP contribution in [-0.2, 0) is 17.9 Å². The lowest BCUT2D eigenvalue weighted by Crippen LogP contribution is -2.15. The maximum atomic E-state index is 14.2. The van der Waals surface area contributed by atoms with Crippen molar-refractivity contribution in [2.24, 2.45) is 0 Å². The SMILES string of the molecule is CC=CCOCc1c(CNC2CC2)sc2cccc(F)c12. The van der Waals surface area contributed by atoms with Crippen LogP contribution in [0.5, 0.6) is 0 Å². The van der Waals surface area contributed by atoms with Gasteiger partial charge in [-0.15, -0.1) is 11.3 Å². The number of halogens is 1. The molecule has 4 heteroatoms. The molecule has 1 fully saturated rings. The number of hydrogen-bond donors (Lipinski definition) is 1. The Morgan fingerprint density at radius 2 is 2.29 bits per heavy atom. The normalized spacial score (nSPS) is 15.3. The third kappa shape index (κ3) is 3.51. The number of hydrogen-bond acceptors (Lipinski definition) is 3. The van der Waals surface area contributed by atoms with Gasteiger partial charge in [0, 0.05) is 33.1 Å². The van der Waals surface area contributed by atoms with E-state index >= 15 is 0 Å². The fourth-order valence-corrected chi connectivity index (χ4v) is 3.54. The van der Waals surface area contributed by atoms with Gasteiger partial charge in [0.15, 0.2) is 0 Å². The van der Waals surface area contributed by atoms with E-state index in [2.05, 4.69) is 5.32 Å². The summed E-state index contributed by atoms with van der Waals surface area (Å²) in [5.74, 6) is -0.147. The van der Waals surface area contributed by atoms with Gasteiger partial charge in [-0.25, -0.2) is 4.39 Å². The molecule has 1 aromatic heterocycles. The lowest BCUT2D eigenvalue weighted by Gasteiger charge is -2.06. The van der Waals surface area contributed by atoms with Crippen LogP contribution < -0.4 is 5.32 Å². The summed E-state index contributed by atoms with van der Waals surface area (Å²) in [5, 5.41) is 4.25. The standard InChI is InChI=1S/C17H20FNOS/c1-2-3-9-20-11-13-16(10-19-12-7-8-12)21-15-6-4-5-14(18)17(13)15/h2-6,12,19H,7-11H2,1H3. The molecule has 0 spiro atoms. The summed E-state index contributed by atoms with van der Waals surface area (Å²) in [6.45, 7) is 3.81. The summed E-state index contributed by atoms with van der Waals surface area (Å²) in [5.41, 5.74) is 1.01. The predicted octanol–water partition coefficient (Wildman–Crippen LogP) is 4.39. The van der Waals surface area contributed by atoms with Crippen molar-refractivity contribution in [2.75, 3.05) is 6.61 Å². The van der Waals surface area contributed by atoms with Gasteiger partial charge in [0.1, 0.15) is 5.82 Å². The minimum Gasteiger partial charge on any atom is -0.373 e. The Kier molecular flexibility index (Phi) is 4.68. The Hall–Kier alpha value is -1.23. The maximum Gasteiger partial charge on any atom is 0.132 e. The van der Waals surface area contributed by atoms with E-state index in [0.29, 0.717) is 19.3 Å². The molecule has 1 heterocycles. The summed E-state index contributed by atoms with van der Waals surface area (Å²) in [6.07, 6.45) is 6.44. The van der Waals surface area contributed by atoms with Crippen LogP contribution in [0.1, 0.15) is 30.2 Å². The van der Waals surface area contributed by atoms with Crippen LogP contribution in [0, 0.1) is 5.82 Å². The summed E-state index contributed by atoms with van der Waals surface area (Å²) in [4.78, 5) is 1.20. The van der Waals surface area contributed by atoms with Crippen molar-refractivity contribution in [3.05, 3.63) is 46.6 Å². The Labute approximate surface area is 128 Å². The molecule has 2 aromatic rings. The van der Waals surface area contributed by atoms with Crippen molar-refractivity contribution in [2.45, 2.75) is 39.0 Å². The monoisotopic (exact) mass is 305 g/mol. The van der Waals surface area contributed by atoms with E-state index in [4.69, 9.17) is 4.74 Å². The predicted molar refractivity (Wildman–Crippen MR) is 86.1 cm³/mol. The van der Waals surface area contributed by atoms with E-state index in [1.54, 1.807) is 17.4 Å². The Morgan fingerprint density at radius 1 is 1.43 bits per heavy atom. The molecule has 0 radical (unpaired) electrons. The third-order valence-electron chi connectivity index (χ3n) is 3.67. The average molecular weight is 305 g/mol. The van der Waals surface area contributed by atoms with Crippen molar-refractivity contribution in [1.82, 2.24) is 5.32 Å². The molecule has 1 saturated carbocycles. The molecule has 2 nitrogen and oxygen atoms in total. The number of rotatable bonds is 7. The smallest absolute Gasteiger partial charge is 0.132 e. The van der Waals surface area contributed by atoms with Crippen LogP contribution in [0.2, 0.25) is 0 Å². The molecule has 21 heavy (non-hydrogen) atoms. The largest absolute Gasteiger partial charge is 0.373 e. The van der Waals surface area contributed by atoms with Crippen LogP contribution in [0.15, 0.2) is 30.4 Å². The third-order valence-corrected chi connectivity index (χ3v) is 4.87. The minimum atomic E-state index is -0.147. The van der Waals surface area contributed by atoms with Crippen molar-refractivity contribution in [1.29, 1.82) is 0 Å². The highest BCUT2D eigenvalue weighted by molar-refractivity contribution is 7.19. The van der Waals surface area contributed by atoms with Crippen LogP contribution in [0.4, 0.5) is 4.39 Å². The van der Waals surface area contributed by atoms with Gasteiger partial charge in [-0.05, 0) is 31.9 Å². The van der Waals surface area contributed by atoms with E-state index in [0.717, 1.165) is 22.2 Å². The van der Waals surface area contributed by atoms with E-state index in [1.807, 2.05) is 25.1 Å². The van der Waals surface area contributed by atoms with E-state index in [9.17, 15) is 4.39 Å². The lowest BCUT2D eigenvalue weighted by atomic mass is 10.1. The highest BCUT2D eigenvalue weighted by Crippen LogP contribution is 2.34. The molecular formula is C17H20FNOS. The van der Waals surface area contributed by atoms with Crippen LogP contribution in [0.25, 0.3) is 10.1 Å². The molecule has 0 atom stereocenters. The molecule has 112 valence electrons. The molecule has 0 unspecified atom stereocenters. The quantitative estimate of drug-likeness (QED) is 0.605. The fraction of sp³-hybridized carbons (Fsp3) is 0.412. The molecule has 0 saturated heterocycles. The molecular weight excluding hydrogens is 285 g/mol. The Balaban J connectivity index is 1.85. The van der Waals surface area contributed by atoms with Gasteiger partial charge in [0.05, 0.1) is 13.2 Å². The zero-order valence-corrected chi connectivity index (χ0v) is 13.0. The number of fused-ring (bicyclic) bond motifs is 1. The zero-order chi connectivity index (χ0) is 14.7. The van der Waals surface area contributed by atoms with Gasteiger partial charge in [0.2, 0.25) is 0 Å². The fourth-order valence-electron chi connectivity index (χ4n) is 2.36. The first-order chi connectivity index (χ1) is 10.3. The van der Waals surface area contributed by atoms with Gasteiger partial charge < -0.3 is 10.1 Å². The number of benzene rings is 1. The van der Waals surface area contributed by atoms with Crippen molar-refractivity contribution in [3.8, 4) is 0 Å². The zero-order valence-electron chi connectivity index (χ0n) is 12.2. The van der Waals surface area contributed by atoms with Gasteiger partial charge in [-0.3, -0.25) is 0 Å². The van der Waals surface area contributed by atoms with E-state index in [-0.39, 0.29) is 5.82 Å². The number of allylic oxidation sites excluding steroid dienone is 1. The molecule has 0 amide bonds. The molecule has 3 rings (SSSR count). The van der Waals surface area contributed by atoms with Gasteiger partial charge in [-0.2, -0.15) is 0 Å².